The summed E-state index contributed by atoms with van der Waals surface area (Å²) in [7, 11) is 0. The number of hydrogen-bond donors (Lipinski definition) is 0. The number of hydrogen-bond acceptors (Lipinski definition) is 4. The zero-order chi connectivity index (χ0) is 16.8. The Kier molecular flexibility index (Phi) is 6.35. The predicted molar refractivity (Wildman–Crippen MR) is 93.6 cm³/mol. The fraction of sp³-hybridized carbons (Fsp3) is 0.611. The third-order valence-electron chi connectivity index (χ3n) is 4.59. The van der Waals surface area contributed by atoms with Gasteiger partial charge >= 0.3 is 0 Å². The van der Waals surface area contributed by atoms with E-state index in [0.29, 0.717) is 29.9 Å². The summed E-state index contributed by atoms with van der Waals surface area (Å²) in [6.07, 6.45) is 3.13. The molecule has 2 fully saturated rings. The molecule has 1 aromatic rings. The number of rotatable bonds is 6. The summed E-state index contributed by atoms with van der Waals surface area (Å²) >= 11 is 5.91. The van der Waals surface area contributed by atoms with E-state index >= 15 is 0 Å². The van der Waals surface area contributed by atoms with Crippen molar-refractivity contribution in [1.82, 2.24) is 9.80 Å². The number of carbonyl (C=O) groups excluding carboxylic acids is 1. The van der Waals surface area contributed by atoms with Crippen LogP contribution in [0.2, 0.25) is 5.02 Å². The van der Waals surface area contributed by atoms with Crippen LogP contribution in [0.15, 0.2) is 24.3 Å². The average Bonchev–Trinajstić information content (AvgIpc) is 3.08. The second-order valence-corrected chi connectivity index (χ2v) is 6.81. The van der Waals surface area contributed by atoms with Crippen LogP contribution in [0.4, 0.5) is 0 Å². The highest BCUT2D eigenvalue weighted by Crippen LogP contribution is 2.17. The SMILES string of the molecule is O=C(CCOc1cccc(Cl)c1)N1CCN(CC2CCCO2)CC1. The second-order valence-electron chi connectivity index (χ2n) is 6.37. The van der Waals surface area contributed by atoms with Crippen LogP contribution in [0.5, 0.6) is 5.75 Å². The molecule has 2 aliphatic rings. The van der Waals surface area contributed by atoms with E-state index in [1.165, 1.54) is 12.8 Å². The number of ether oxygens (including phenoxy) is 2. The van der Waals surface area contributed by atoms with Crippen LogP contribution in [-0.2, 0) is 9.53 Å². The van der Waals surface area contributed by atoms with Gasteiger partial charge in [0.05, 0.1) is 19.1 Å². The predicted octanol–water partition coefficient (Wildman–Crippen LogP) is 2.43. The smallest absolute Gasteiger partial charge is 0.226 e. The van der Waals surface area contributed by atoms with Crippen LogP contribution in [0.1, 0.15) is 19.3 Å². The Hall–Kier alpha value is -1.30. The molecule has 2 aliphatic heterocycles. The summed E-state index contributed by atoms with van der Waals surface area (Å²) in [4.78, 5) is 16.6. The Morgan fingerprint density at radius 2 is 2.12 bits per heavy atom. The van der Waals surface area contributed by atoms with E-state index in [0.717, 1.165) is 39.3 Å². The van der Waals surface area contributed by atoms with E-state index in [1.807, 2.05) is 17.0 Å². The van der Waals surface area contributed by atoms with Gasteiger partial charge in [-0.05, 0) is 31.0 Å². The van der Waals surface area contributed by atoms with Gasteiger partial charge in [0.25, 0.3) is 0 Å². The molecule has 0 spiro atoms. The van der Waals surface area contributed by atoms with E-state index < -0.39 is 0 Å². The van der Waals surface area contributed by atoms with Crippen molar-refractivity contribution in [3.63, 3.8) is 0 Å². The van der Waals surface area contributed by atoms with E-state index in [1.54, 1.807) is 12.1 Å². The Bertz CT molecular complexity index is 541. The highest BCUT2D eigenvalue weighted by molar-refractivity contribution is 6.30. The van der Waals surface area contributed by atoms with Gasteiger partial charge in [-0.25, -0.2) is 0 Å². The minimum atomic E-state index is 0.161. The Morgan fingerprint density at radius 1 is 1.29 bits per heavy atom. The van der Waals surface area contributed by atoms with Crippen molar-refractivity contribution >= 4 is 17.5 Å². The van der Waals surface area contributed by atoms with E-state index in [4.69, 9.17) is 21.1 Å². The zero-order valence-electron chi connectivity index (χ0n) is 14.0. The first-order valence-electron chi connectivity index (χ1n) is 8.71. The van der Waals surface area contributed by atoms with Crippen LogP contribution in [-0.4, -0.2) is 67.7 Å². The van der Waals surface area contributed by atoms with Crippen LogP contribution < -0.4 is 4.74 Å². The van der Waals surface area contributed by atoms with Crippen LogP contribution >= 0.6 is 11.6 Å². The molecule has 1 amide bonds. The molecule has 0 aliphatic carbocycles. The average molecular weight is 353 g/mol. The summed E-state index contributed by atoms with van der Waals surface area (Å²) in [5.74, 6) is 0.866. The Morgan fingerprint density at radius 3 is 2.83 bits per heavy atom. The van der Waals surface area contributed by atoms with Gasteiger partial charge in [-0.15, -0.1) is 0 Å². The van der Waals surface area contributed by atoms with E-state index in [-0.39, 0.29) is 5.91 Å². The zero-order valence-corrected chi connectivity index (χ0v) is 14.7. The second kappa shape index (κ2) is 8.70. The molecule has 6 heteroatoms. The molecule has 0 aromatic heterocycles. The van der Waals surface area contributed by atoms with Crippen LogP contribution in [0, 0.1) is 0 Å². The maximum absolute atomic E-state index is 12.3. The lowest BCUT2D eigenvalue weighted by molar-refractivity contribution is -0.133. The Labute approximate surface area is 148 Å². The lowest BCUT2D eigenvalue weighted by atomic mass is 10.2. The molecule has 2 heterocycles. The molecule has 0 bridgehead atoms. The maximum Gasteiger partial charge on any atom is 0.226 e. The lowest BCUT2D eigenvalue weighted by Crippen LogP contribution is -2.50. The number of amides is 1. The number of carbonyl (C=O) groups is 1. The fourth-order valence-electron chi connectivity index (χ4n) is 3.23. The van der Waals surface area contributed by atoms with Gasteiger partial charge in [0.2, 0.25) is 5.91 Å². The topological polar surface area (TPSA) is 42.0 Å². The standard InChI is InChI=1S/C18H25ClN2O3/c19-15-3-1-4-16(13-15)24-12-6-18(22)21-9-7-20(8-10-21)14-17-5-2-11-23-17/h1,3-4,13,17H,2,5-12,14H2. The molecular weight excluding hydrogens is 328 g/mol. The molecule has 5 nitrogen and oxygen atoms in total. The minimum absolute atomic E-state index is 0.161. The number of piperazine rings is 1. The van der Waals surface area contributed by atoms with Gasteiger partial charge in [0, 0.05) is 44.4 Å². The summed E-state index contributed by atoms with van der Waals surface area (Å²) in [6.45, 7) is 5.73. The first kappa shape index (κ1) is 17.5. The van der Waals surface area contributed by atoms with Gasteiger partial charge in [-0.1, -0.05) is 17.7 Å². The molecular formula is C18H25ClN2O3. The molecule has 0 N–H and O–H groups in total. The number of nitrogens with zero attached hydrogens (tertiary/aromatic N) is 2. The highest BCUT2D eigenvalue weighted by atomic mass is 35.5. The van der Waals surface area contributed by atoms with Crippen molar-refractivity contribution in [3.05, 3.63) is 29.3 Å². The molecule has 3 rings (SSSR count). The van der Waals surface area contributed by atoms with Gasteiger partial charge in [-0.3, -0.25) is 9.69 Å². The largest absolute Gasteiger partial charge is 0.493 e. The lowest BCUT2D eigenvalue weighted by Gasteiger charge is -2.35. The van der Waals surface area contributed by atoms with Crippen LogP contribution in [0.3, 0.4) is 0 Å². The molecule has 2 saturated heterocycles. The molecule has 132 valence electrons. The first-order valence-corrected chi connectivity index (χ1v) is 9.08. The van der Waals surface area contributed by atoms with Crippen molar-refractivity contribution in [2.75, 3.05) is 45.9 Å². The monoisotopic (exact) mass is 352 g/mol. The fourth-order valence-corrected chi connectivity index (χ4v) is 3.41. The quantitative estimate of drug-likeness (QED) is 0.788. The van der Waals surface area contributed by atoms with Gasteiger partial charge in [0.15, 0.2) is 0 Å². The summed E-state index contributed by atoms with van der Waals surface area (Å²) in [5.41, 5.74) is 0. The number of benzene rings is 1. The first-order chi connectivity index (χ1) is 11.7. The molecule has 1 unspecified atom stereocenters. The van der Waals surface area contributed by atoms with E-state index in [2.05, 4.69) is 4.90 Å². The summed E-state index contributed by atoms with van der Waals surface area (Å²) in [6, 6.07) is 7.25. The minimum Gasteiger partial charge on any atom is -0.493 e. The normalized spacial score (nSPS) is 21.9. The van der Waals surface area contributed by atoms with Crippen molar-refractivity contribution in [1.29, 1.82) is 0 Å². The Balaban J connectivity index is 1.34. The molecule has 1 atom stereocenters. The van der Waals surface area contributed by atoms with Crippen molar-refractivity contribution in [2.45, 2.75) is 25.4 Å². The maximum atomic E-state index is 12.3. The summed E-state index contributed by atoms with van der Waals surface area (Å²) in [5, 5.41) is 0.640. The summed E-state index contributed by atoms with van der Waals surface area (Å²) < 4.78 is 11.3. The van der Waals surface area contributed by atoms with Gasteiger partial charge in [0.1, 0.15) is 5.75 Å². The van der Waals surface area contributed by atoms with Crippen molar-refractivity contribution in [2.24, 2.45) is 0 Å². The third kappa shape index (κ3) is 5.10. The van der Waals surface area contributed by atoms with E-state index in [9.17, 15) is 4.79 Å². The molecule has 1 aromatic carbocycles. The van der Waals surface area contributed by atoms with Gasteiger partial charge < -0.3 is 14.4 Å². The van der Waals surface area contributed by atoms with Crippen LogP contribution in [0.25, 0.3) is 0 Å². The molecule has 24 heavy (non-hydrogen) atoms. The number of halogens is 1. The third-order valence-corrected chi connectivity index (χ3v) is 4.83. The van der Waals surface area contributed by atoms with Gasteiger partial charge in [-0.2, -0.15) is 0 Å². The van der Waals surface area contributed by atoms with Crippen molar-refractivity contribution < 1.29 is 14.3 Å². The molecule has 0 saturated carbocycles. The highest BCUT2D eigenvalue weighted by Gasteiger charge is 2.24. The van der Waals surface area contributed by atoms with Crippen molar-refractivity contribution in [3.8, 4) is 5.75 Å². The molecule has 0 radical (unpaired) electrons.